The number of carbonyl (C=O) groups is 1. The van der Waals surface area contributed by atoms with E-state index in [9.17, 15) is 4.79 Å². The first kappa shape index (κ1) is 15.4. The second-order valence-electron chi connectivity index (χ2n) is 6.73. The Morgan fingerprint density at radius 3 is 2.37 bits per heavy atom. The molecule has 1 aromatic heterocycles. The van der Waals surface area contributed by atoms with Crippen molar-refractivity contribution in [1.82, 2.24) is 25.9 Å². The van der Waals surface area contributed by atoms with E-state index < -0.39 is 11.7 Å². The molecule has 0 aliphatic carbocycles. The standard InChI is InChI=1S/C12H23N5O2/c1-11(2,3)7-8(9-14-16-17-15-9)13-10(18)19-12(4,5)6/h8H,7H2,1-6H3,(H,13,18)(H,14,15,16,17)/t8-/m0/s1. The molecule has 7 heteroatoms. The van der Waals surface area contributed by atoms with Gasteiger partial charge in [0.25, 0.3) is 0 Å². The van der Waals surface area contributed by atoms with Crippen LogP contribution in [-0.4, -0.2) is 32.3 Å². The third-order valence-electron chi connectivity index (χ3n) is 2.18. The van der Waals surface area contributed by atoms with Gasteiger partial charge in [0.15, 0.2) is 5.82 Å². The average molecular weight is 269 g/mol. The Labute approximate surface area is 113 Å². The fourth-order valence-corrected chi connectivity index (χ4v) is 1.59. The number of carbonyl (C=O) groups excluding carboxylic acids is 1. The van der Waals surface area contributed by atoms with Crippen LogP contribution in [0.1, 0.15) is 59.8 Å². The molecule has 0 saturated carbocycles. The Morgan fingerprint density at radius 2 is 1.95 bits per heavy atom. The van der Waals surface area contributed by atoms with Crippen LogP contribution < -0.4 is 5.32 Å². The Kier molecular flexibility index (Phi) is 4.49. The zero-order valence-electron chi connectivity index (χ0n) is 12.4. The lowest BCUT2D eigenvalue weighted by atomic mass is 9.88. The minimum atomic E-state index is -0.534. The minimum absolute atomic E-state index is 0.0142. The van der Waals surface area contributed by atoms with Crippen molar-refractivity contribution in [3.63, 3.8) is 0 Å². The van der Waals surface area contributed by atoms with E-state index >= 15 is 0 Å². The maximum Gasteiger partial charge on any atom is 0.408 e. The fraction of sp³-hybridized carbons (Fsp3) is 0.833. The number of nitrogens with zero attached hydrogens (tertiary/aromatic N) is 3. The molecule has 0 radical (unpaired) electrons. The molecule has 19 heavy (non-hydrogen) atoms. The van der Waals surface area contributed by atoms with E-state index in [1.165, 1.54) is 0 Å². The molecule has 0 spiro atoms. The number of alkyl carbamates (subject to hydrolysis) is 1. The predicted molar refractivity (Wildman–Crippen MR) is 70.4 cm³/mol. The summed E-state index contributed by atoms with van der Waals surface area (Å²) in [5.41, 5.74) is -0.520. The zero-order valence-corrected chi connectivity index (χ0v) is 12.4. The molecule has 0 bridgehead atoms. The van der Waals surface area contributed by atoms with Gasteiger partial charge in [-0.2, -0.15) is 5.21 Å². The summed E-state index contributed by atoms with van der Waals surface area (Å²) in [6, 6.07) is -0.325. The van der Waals surface area contributed by atoms with Crippen LogP contribution >= 0.6 is 0 Å². The Hall–Kier alpha value is -1.66. The van der Waals surface area contributed by atoms with E-state index in [0.717, 1.165) is 0 Å². The van der Waals surface area contributed by atoms with Gasteiger partial charge in [0.1, 0.15) is 5.60 Å². The highest BCUT2D eigenvalue weighted by atomic mass is 16.6. The summed E-state index contributed by atoms with van der Waals surface area (Å²) in [6.07, 6.45) is 0.206. The number of nitrogens with one attached hydrogen (secondary N) is 2. The number of hydrogen-bond acceptors (Lipinski definition) is 5. The molecule has 0 aliphatic heterocycles. The zero-order chi connectivity index (χ0) is 14.7. The number of H-pyrrole nitrogens is 1. The van der Waals surface area contributed by atoms with Gasteiger partial charge in [-0.05, 0) is 32.6 Å². The van der Waals surface area contributed by atoms with Gasteiger partial charge in [-0.3, -0.25) is 0 Å². The number of aromatic nitrogens is 4. The first-order valence-corrected chi connectivity index (χ1v) is 6.30. The van der Waals surface area contributed by atoms with E-state index in [-0.39, 0.29) is 11.5 Å². The summed E-state index contributed by atoms with van der Waals surface area (Å²) in [6.45, 7) is 11.7. The van der Waals surface area contributed by atoms with Crippen molar-refractivity contribution in [2.45, 2.75) is 59.6 Å². The lowest BCUT2D eigenvalue weighted by molar-refractivity contribution is 0.0489. The molecule has 0 saturated heterocycles. The third kappa shape index (κ3) is 6.17. The quantitative estimate of drug-likeness (QED) is 0.877. The Balaban J connectivity index is 2.73. The van der Waals surface area contributed by atoms with Crippen molar-refractivity contribution >= 4 is 6.09 Å². The highest BCUT2D eigenvalue weighted by molar-refractivity contribution is 5.68. The monoisotopic (exact) mass is 269 g/mol. The van der Waals surface area contributed by atoms with Gasteiger partial charge < -0.3 is 10.1 Å². The molecule has 1 heterocycles. The molecule has 1 amide bonds. The van der Waals surface area contributed by atoms with Crippen LogP contribution in [0.15, 0.2) is 0 Å². The maximum atomic E-state index is 11.8. The lowest BCUT2D eigenvalue weighted by Crippen LogP contribution is -2.36. The number of aromatic amines is 1. The highest BCUT2D eigenvalue weighted by Gasteiger charge is 2.27. The van der Waals surface area contributed by atoms with Crippen LogP contribution in [0.3, 0.4) is 0 Å². The molecule has 2 N–H and O–H groups in total. The molecule has 1 aromatic rings. The van der Waals surface area contributed by atoms with Crippen molar-refractivity contribution in [3.8, 4) is 0 Å². The van der Waals surface area contributed by atoms with Gasteiger partial charge in [-0.15, -0.1) is 10.2 Å². The van der Waals surface area contributed by atoms with Crippen LogP contribution in [0.2, 0.25) is 0 Å². The number of ether oxygens (including phenoxy) is 1. The molecule has 0 fully saturated rings. The van der Waals surface area contributed by atoms with Gasteiger partial charge in [0.2, 0.25) is 0 Å². The minimum Gasteiger partial charge on any atom is -0.444 e. The van der Waals surface area contributed by atoms with Gasteiger partial charge in [0, 0.05) is 0 Å². The summed E-state index contributed by atoms with van der Waals surface area (Å²) in [5.74, 6) is 0.459. The van der Waals surface area contributed by atoms with Gasteiger partial charge in [-0.1, -0.05) is 26.0 Å². The molecule has 108 valence electrons. The molecule has 0 aromatic carbocycles. The lowest BCUT2D eigenvalue weighted by Gasteiger charge is -2.26. The topological polar surface area (TPSA) is 92.8 Å². The fourth-order valence-electron chi connectivity index (χ4n) is 1.59. The van der Waals surface area contributed by atoms with Gasteiger partial charge in [0.05, 0.1) is 6.04 Å². The largest absolute Gasteiger partial charge is 0.444 e. The van der Waals surface area contributed by atoms with Crippen LogP contribution in [0.4, 0.5) is 4.79 Å². The SMILES string of the molecule is CC(C)(C)C[C@H](NC(=O)OC(C)(C)C)c1nn[nH]n1. The van der Waals surface area contributed by atoms with E-state index in [1.54, 1.807) is 0 Å². The Morgan fingerprint density at radius 1 is 1.32 bits per heavy atom. The molecule has 0 aliphatic rings. The second kappa shape index (κ2) is 5.54. The normalized spacial score (nSPS) is 14.0. The van der Waals surface area contributed by atoms with E-state index in [4.69, 9.17) is 4.74 Å². The van der Waals surface area contributed by atoms with Crippen molar-refractivity contribution in [2.24, 2.45) is 5.41 Å². The summed E-state index contributed by atoms with van der Waals surface area (Å²) in [5, 5.41) is 16.6. The summed E-state index contributed by atoms with van der Waals surface area (Å²) in [7, 11) is 0. The number of hydrogen-bond donors (Lipinski definition) is 2. The third-order valence-corrected chi connectivity index (χ3v) is 2.18. The number of rotatable bonds is 3. The second-order valence-corrected chi connectivity index (χ2v) is 6.73. The maximum absolute atomic E-state index is 11.8. The summed E-state index contributed by atoms with van der Waals surface area (Å²) >= 11 is 0. The van der Waals surface area contributed by atoms with Crippen molar-refractivity contribution < 1.29 is 9.53 Å². The molecular formula is C12H23N5O2. The van der Waals surface area contributed by atoms with Crippen molar-refractivity contribution in [2.75, 3.05) is 0 Å². The van der Waals surface area contributed by atoms with Crippen molar-refractivity contribution in [1.29, 1.82) is 0 Å². The number of amides is 1. The first-order valence-electron chi connectivity index (χ1n) is 6.30. The Bertz CT molecular complexity index is 403. The van der Waals surface area contributed by atoms with Gasteiger partial charge >= 0.3 is 6.09 Å². The van der Waals surface area contributed by atoms with Crippen LogP contribution in [0, 0.1) is 5.41 Å². The number of tetrazole rings is 1. The predicted octanol–water partition coefficient (Wildman–Crippen LogP) is 2.20. The van der Waals surface area contributed by atoms with E-state index in [1.807, 2.05) is 20.8 Å². The van der Waals surface area contributed by atoms with Crippen LogP contribution in [0.5, 0.6) is 0 Å². The molecule has 0 unspecified atom stereocenters. The van der Waals surface area contributed by atoms with Crippen molar-refractivity contribution in [3.05, 3.63) is 5.82 Å². The van der Waals surface area contributed by atoms with E-state index in [0.29, 0.717) is 12.2 Å². The average Bonchev–Trinajstić information content (AvgIpc) is 2.62. The van der Waals surface area contributed by atoms with E-state index in [2.05, 4.69) is 46.7 Å². The molecule has 7 nitrogen and oxygen atoms in total. The summed E-state index contributed by atoms with van der Waals surface area (Å²) in [4.78, 5) is 11.8. The first-order chi connectivity index (χ1) is 8.57. The van der Waals surface area contributed by atoms with Crippen LogP contribution in [0.25, 0.3) is 0 Å². The summed E-state index contributed by atoms with van der Waals surface area (Å²) < 4.78 is 5.24. The smallest absolute Gasteiger partial charge is 0.408 e. The van der Waals surface area contributed by atoms with Crippen LogP contribution in [-0.2, 0) is 4.74 Å². The molecular weight excluding hydrogens is 246 g/mol. The van der Waals surface area contributed by atoms with Gasteiger partial charge in [-0.25, -0.2) is 4.79 Å². The highest BCUT2D eigenvalue weighted by Crippen LogP contribution is 2.27. The molecule has 1 rings (SSSR count). The molecule has 1 atom stereocenters.